The summed E-state index contributed by atoms with van der Waals surface area (Å²) in [5.74, 6) is 0.809. The zero-order chi connectivity index (χ0) is 19.6. The third kappa shape index (κ3) is 7.09. The van der Waals surface area contributed by atoms with Gasteiger partial charge in [0.05, 0.1) is 0 Å². The standard InChI is InChI=1S/C26H35N/c1-6-11-21(5)27-26-17-14-23(18-20(26)4)13-10-9-12-22(7-2)19-24(8-3)25-15-16-25/h6-8,11,14,17-19,25,27H,2,5,9-10,12-13,15-16H2,1,3-4H3/b11-6?,22-19+,24-8+. The molecule has 1 N–H and O–H groups in total. The van der Waals surface area contributed by atoms with Crippen molar-refractivity contribution >= 4 is 5.69 Å². The van der Waals surface area contributed by atoms with E-state index in [1.165, 1.54) is 48.0 Å². The van der Waals surface area contributed by atoms with Gasteiger partial charge in [0.1, 0.15) is 0 Å². The Morgan fingerprint density at radius 1 is 1.22 bits per heavy atom. The lowest BCUT2D eigenvalue weighted by molar-refractivity contribution is 0.735. The van der Waals surface area contributed by atoms with Crippen LogP contribution in [-0.2, 0) is 6.42 Å². The lowest BCUT2D eigenvalue weighted by Gasteiger charge is -2.11. The van der Waals surface area contributed by atoms with Crippen molar-refractivity contribution in [3.05, 3.63) is 89.7 Å². The molecule has 0 spiro atoms. The average molecular weight is 362 g/mol. The number of hydrogen-bond acceptors (Lipinski definition) is 1. The average Bonchev–Trinajstić information content (AvgIpc) is 3.48. The van der Waals surface area contributed by atoms with E-state index in [1.807, 2.05) is 25.2 Å². The van der Waals surface area contributed by atoms with E-state index in [0.717, 1.165) is 30.1 Å². The summed E-state index contributed by atoms with van der Waals surface area (Å²) in [5.41, 5.74) is 7.62. The van der Waals surface area contributed by atoms with Crippen molar-refractivity contribution in [2.24, 2.45) is 5.92 Å². The minimum Gasteiger partial charge on any atom is -0.356 e. The molecule has 0 heterocycles. The van der Waals surface area contributed by atoms with E-state index in [0.29, 0.717) is 0 Å². The minimum atomic E-state index is 0.809. The van der Waals surface area contributed by atoms with Gasteiger partial charge in [0, 0.05) is 11.4 Å². The minimum absolute atomic E-state index is 0.809. The monoisotopic (exact) mass is 361 g/mol. The molecule has 1 heteroatoms. The second kappa shape index (κ2) is 10.8. The fourth-order valence-electron chi connectivity index (χ4n) is 3.40. The van der Waals surface area contributed by atoms with Gasteiger partial charge in [-0.1, -0.05) is 49.6 Å². The van der Waals surface area contributed by atoms with Crippen molar-refractivity contribution in [3.8, 4) is 0 Å². The van der Waals surface area contributed by atoms with Gasteiger partial charge in [-0.25, -0.2) is 0 Å². The highest BCUT2D eigenvalue weighted by molar-refractivity contribution is 5.56. The summed E-state index contributed by atoms with van der Waals surface area (Å²) >= 11 is 0. The predicted molar refractivity (Wildman–Crippen MR) is 121 cm³/mol. The van der Waals surface area contributed by atoms with Crippen LogP contribution < -0.4 is 5.32 Å². The Kier molecular flexibility index (Phi) is 8.39. The van der Waals surface area contributed by atoms with Gasteiger partial charge in [-0.15, -0.1) is 0 Å². The first kappa shape index (κ1) is 21.0. The Bertz CT molecular complexity index is 741. The second-order valence-electron chi connectivity index (χ2n) is 7.49. The summed E-state index contributed by atoms with van der Waals surface area (Å²) in [6, 6.07) is 6.69. The Morgan fingerprint density at radius 2 is 2.00 bits per heavy atom. The molecule has 0 radical (unpaired) electrons. The zero-order valence-electron chi connectivity index (χ0n) is 17.4. The van der Waals surface area contributed by atoms with Gasteiger partial charge in [0.2, 0.25) is 0 Å². The Balaban J connectivity index is 1.82. The largest absolute Gasteiger partial charge is 0.356 e. The van der Waals surface area contributed by atoms with Crippen molar-refractivity contribution in [1.82, 2.24) is 0 Å². The van der Waals surface area contributed by atoms with Crippen LogP contribution >= 0.6 is 0 Å². The maximum Gasteiger partial charge on any atom is 0.0413 e. The number of benzene rings is 1. The van der Waals surface area contributed by atoms with Gasteiger partial charge < -0.3 is 5.32 Å². The van der Waals surface area contributed by atoms with Crippen molar-refractivity contribution in [3.63, 3.8) is 0 Å². The number of hydrogen-bond donors (Lipinski definition) is 1. The summed E-state index contributed by atoms with van der Waals surface area (Å²) in [6.45, 7) is 14.3. The molecule has 1 aromatic rings. The summed E-state index contributed by atoms with van der Waals surface area (Å²) in [6.07, 6.45) is 18.0. The number of anilines is 1. The molecule has 27 heavy (non-hydrogen) atoms. The van der Waals surface area contributed by atoms with Crippen LogP contribution in [-0.4, -0.2) is 0 Å². The quantitative estimate of drug-likeness (QED) is 0.315. The van der Waals surface area contributed by atoms with Crippen LogP contribution in [0.1, 0.15) is 57.1 Å². The number of aryl methyl sites for hydroxylation is 2. The molecule has 0 bridgehead atoms. The molecule has 2 rings (SSSR count). The number of rotatable bonds is 11. The van der Waals surface area contributed by atoms with E-state index in [2.05, 4.69) is 62.7 Å². The first-order valence-electron chi connectivity index (χ1n) is 10.2. The molecule has 1 nitrogen and oxygen atoms in total. The molecule has 144 valence electrons. The SMILES string of the molecule is C=C/C(=C\C(=C/C)C1CC1)CCCCc1ccc(NC(=C)C=CC)c(C)c1. The highest BCUT2D eigenvalue weighted by Crippen LogP contribution is 2.37. The third-order valence-corrected chi connectivity index (χ3v) is 5.13. The van der Waals surface area contributed by atoms with Crippen LogP contribution in [0.5, 0.6) is 0 Å². The highest BCUT2D eigenvalue weighted by Gasteiger charge is 2.23. The normalized spacial score (nSPS) is 15.2. The molecule has 0 saturated heterocycles. The van der Waals surface area contributed by atoms with Gasteiger partial charge in [0.15, 0.2) is 0 Å². The molecule has 0 aromatic heterocycles. The fourth-order valence-corrected chi connectivity index (χ4v) is 3.40. The maximum atomic E-state index is 4.01. The summed E-state index contributed by atoms with van der Waals surface area (Å²) in [5, 5.41) is 3.36. The van der Waals surface area contributed by atoms with Gasteiger partial charge in [-0.3, -0.25) is 0 Å². The molecule has 1 aliphatic rings. The van der Waals surface area contributed by atoms with Crippen molar-refractivity contribution in [2.45, 2.75) is 59.3 Å². The van der Waals surface area contributed by atoms with Crippen LogP contribution in [0, 0.1) is 12.8 Å². The number of allylic oxidation sites excluding steroid dienone is 7. The van der Waals surface area contributed by atoms with E-state index >= 15 is 0 Å². The molecule has 1 saturated carbocycles. The molecule has 0 unspecified atom stereocenters. The third-order valence-electron chi connectivity index (χ3n) is 5.13. The van der Waals surface area contributed by atoms with Gasteiger partial charge in [0.25, 0.3) is 0 Å². The summed E-state index contributed by atoms with van der Waals surface area (Å²) < 4.78 is 0. The van der Waals surface area contributed by atoms with E-state index in [4.69, 9.17) is 0 Å². The molecule has 0 atom stereocenters. The van der Waals surface area contributed by atoms with Gasteiger partial charge in [-0.2, -0.15) is 0 Å². The van der Waals surface area contributed by atoms with Crippen LogP contribution in [0.15, 0.2) is 78.6 Å². The molecule has 1 aromatic carbocycles. The van der Waals surface area contributed by atoms with Gasteiger partial charge in [-0.05, 0) is 99.6 Å². The molecular formula is C26H35N. The van der Waals surface area contributed by atoms with Crippen molar-refractivity contribution < 1.29 is 0 Å². The first-order valence-corrected chi connectivity index (χ1v) is 10.2. The maximum absolute atomic E-state index is 4.01. The number of unbranched alkanes of at least 4 members (excludes halogenated alkanes) is 1. The Hall–Kier alpha value is -2.28. The molecule has 1 aliphatic carbocycles. The number of nitrogens with one attached hydrogen (secondary N) is 1. The van der Waals surface area contributed by atoms with E-state index < -0.39 is 0 Å². The fraction of sp³-hybridized carbons (Fsp3) is 0.385. The van der Waals surface area contributed by atoms with Crippen LogP contribution in [0.25, 0.3) is 0 Å². The van der Waals surface area contributed by atoms with E-state index in [9.17, 15) is 0 Å². The van der Waals surface area contributed by atoms with Crippen LogP contribution in [0.4, 0.5) is 5.69 Å². The second-order valence-corrected chi connectivity index (χ2v) is 7.49. The topological polar surface area (TPSA) is 12.0 Å². The Morgan fingerprint density at radius 3 is 2.59 bits per heavy atom. The van der Waals surface area contributed by atoms with Crippen molar-refractivity contribution in [2.75, 3.05) is 5.32 Å². The van der Waals surface area contributed by atoms with Gasteiger partial charge >= 0.3 is 0 Å². The van der Waals surface area contributed by atoms with Crippen molar-refractivity contribution in [1.29, 1.82) is 0 Å². The lowest BCUT2D eigenvalue weighted by atomic mass is 9.99. The van der Waals surface area contributed by atoms with Crippen LogP contribution in [0.2, 0.25) is 0 Å². The predicted octanol–water partition coefficient (Wildman–Crippen LogP) is 7.68. The molecule has 0 aliphatic heterocycles. The molecular weight excluding hydrogens is 326 g/mol. The first-order chi connectivity index (χ1) is 13.1. The van der Waals surface area contributed by atoms with Crippen LogP contribution in [0.3, 0.4) is 0 Å². The smallest absolute Gasteiger partial charge is 0.0413 e. The Labute approximate surface area is 166 Å². The zero-order valence-corrected chi connectivity index (χ0v) is 17.4. The molecule has 1 fully saturated rings. The molecule has 0 amide bonds. The summed E-state index contributed by atoms with van der Waals surface area (Å²) in [4.78, 5) is 0. The lowest BCUT2D eigenvalue weighted by Crippen LogP contribution is -1.98. The summed E-state index contributed by atoms with van der Waals surface area (Å²) in [7, 11) is 0. The van der Waals surface area contributed by atoms with E-state index in [1.54, 1.807) is 0 Å². The highest BCUT2D eigenvalue weighted by atomic mass is 14.9. The van der Waals surface area contributed by atoms with E-state index in [-0.39, 0.29) is 0 Å².